The van der Waals surface area contributed by atoms with Gasteiger partial charge >= 0.3 is 5.97 Å². The zero-order valence-electron chi connectivity index (χ0n) is 22.7. The lowest BCUT2D eigenvalue weighted by atomic mass is 9.78. The van der Waals surface area contributed by atoms with Gasteiger partial charge in [0.15, 0.2) is 0 Å². The van der Waals surface area contributed by atoms with Crippen LogP contribution < -0.4 is 11.1 Å². The number of likely N-dealkylation sites (tertiary alicyclic amines) is 1. The van der Waals surface area contributed by atoms with Crippen LogP contribution in [0.25, 0.3) is 11.0 Å². The summed E-state index contributed by atoms with van der Waals surface area (Å²) < 4.78 is 23.7. The first kappa shape index (κ1) is 27.8. The Morgan fingerprint density at radius 1 is 1.07 bits per heavy atom. The molecule has 1 saturated carbocycles. The highest BCUT2D eigenvalue weighted by Crippen LogP contribution is 2.38. The van der Waals surface area contributed by atoms with E-state index in [9.17, 15) is 18.8 Å². The number of hydrogen-bond acceptors (Lipinski definition) is 6. The Labute approximate surface area is 233 Å². The molecule has 0 bridgehead atoms. The summed E-state index contributed by atoms with van der Waals surface area (Å²) in [6.45, 7) is 1.90. The molecule has 2 fully saturated rings. The van der Waals surface area contributed by atoms with Gasteiger partial charge in [0, 0.05) is 35.5 Å². The minimum Gasteiger partial charge on any atom is -0.460 e. The molecule has 0 spiro atoms. The molecule has 2 amide bonds. The molecule has 40 heavy (non-hydrogen) atoms. The highest BCUT2D eigenvalue weighted by atomic mass is 19.1. The van der Waals surface area contributed by atoms with Crippen LogP contribution in [0.15, 0.2) is 59.0 Å². The monoisotopic (exact) mass is 549 g/mol. The first-order valence-electron chi connectivity index (χ1n) is 14.1. The third kappa shape index (κ3) is 5.75. The Kier molecular flexibility index (Phi) is 8.49. The van der Waals surface area contributed by atoms with Gasteiger partial charge in [0.2, 0.25) is 17.6 Å². The van der Waals surface area contributed by atoms with Gasteiger partial charge in [-0.15, -0.1) is 0 Å². The van der Waals surface area contributed by atoms with Crippen LogP contribution in [0.1, 0.15) is 61.1 Å². The molecule has 5 rings (SSSR count). The number of ether oxygens (including phenoxy) is 1. The number of nitrogens with two attached hydrogens (primary N) is 1. The van der Waals surface area contributed by atoms with Gasteiger partial charge in [-0.1, -0.05) is 30.3 Å². The van der Waals surface area contributed by atoms with Crippen molar-refractivity contribution in [1.82, 2.24) is 4.90 Å². The maximum Gasteiger partial charge on any atom is 0.374 e. The van der Waals surface area contributed by atoms with Crippen molar-refractivity contribution in [2.24, 2.45) is 17.6 Å². The van der Waals surface area contributed by atoms with Crippen LogP contribution in [-0.4, -0.2) is 54.6 Å². The molecule has 2 aliphatic rings. The van der Waals surface area contributed by atoms with Gasteiger partial charge in [-0.25, -0.2) is 9.18 Å². The Morgan fingerprint density at radius 3 is 2.52 bits per heavy atom. The molecule has 1 aliphatic carbocycles. The van der Waals surface area contributed by atoms with Crippen molar-refractivity contribution in [3.05, 3.63) is 65.9 Å². The smallest absolute Gasteiger partial charge is 0.374 e. The highest BCUT2D eigenvalue weighted by Gasteiger charge is 2.44. The third-order valence-corrected chi connectivity index (χ3v) is 8.34. The number of nitrogens with one attached hydrogen (secondary N) is 1. The number of fused-ring (bicyclic) bond motifs is 1. The lowest BCUT2D eigenvalue weighted by Crippen LogP contribution is -2.48. The summed E-state index contributed by atoms with van der Waals surface area (Å²) in [4.78, 5) is 41.4. The molecule has 2 heterocycles. The number of halogens is 1. The van der Waals surface area contributed by atoms with Gasteiger partial charge < -0.3 is 25.1 Å². The van der Waals surface area contributed by atoms with Crippen molar-refractivity contribution in [3.63, 3.8) is 0 Å². The van der Waals surface area contributed by atoms with Gasteiger partial charge in [0.05, 0.1) is 6.61 Å². The van der Waals surface area contributed by atoms with E-state index in [1.165, 1.54) is 0 Å². The SMILES string of the molecule is CCOC(=O)c1cc2cc(NC(=O)[C@@H]3[C@H](c4ccccc4)CCN3C(=O)[C@H]3CC[C@H](C(N)CF)CC3)ccc2o1. The Morgan fingerprint density at radius 2 is 1.82 bits per heavy atom. The molecule has 1 saturated heterocycles. The van der Waals surface area contributed by atoms with E-state index in [4.69, 9.17) is 14.9 Å². The zero-order valence-corrected chi connectivity index (χ0v) is 22.7. The maximum atomic E-state index is 13.9. The molecular formula is C31H36FN3O5. The van der Waals surface area contributed by atoms with Gasteiger partial charge in [-0.05, 0) is 74.8 Å². The fourth-order valence-electron chi connectivity index (χ4n) is 6.21. The lowest BCUT2D eigenvalue weighted by molar-refractivity contribution is -0.141. The fraction of sp³-hybridized carbons (Fsp3) is 0.452. The van der Waals surface area contributed by atoms with E-state index in [0.717, 1.165) is 5.56 Å². The molecule has 1 unspecified atom stereocenters. The van der Waals surface area contributed by atoms with Gasteiger partial charge in [-0.2, -0.15) is 0 Å². The Hall–Kier alpha value is -3.72. The summed E-state index contributed by atoms with van der Waals surface area (Å²) in [5.41, 5.74) is 7.98. The van der Waals surface area contributed by atoms with E-state index in [1.807, 2.05) is 30.3 Å². The first-order valence-corrected chi connectivity index (χ1v) is 14.1. The van der Waals surface area contributed by atoms with Crippen molar-refractivity contribution in [2.75, 3.05) is 25.1 Å². The van der Waals surface area contributed by atoms with E-state index < -0.39 is 24.7 Å². The van der Waals surface area contributed by atoms with Gasteiger partial charge in [-0.3, -0.25) is 9.59 Å². The van der Waals surface area contributed by atoms with E-state index in [0.29, 0.717) is 55.3 Å². The molecule has 1 aromatic heterocycles. The van der Waals surface area contributed by atoms with Crippen molar-refractivity contribution in [3.8, 4) is 0 Å². The third-order valence-electron chi connectivity index (χ3n) is 8.34. The Bertz CT molecular complexity index is 1350. The van der Waals surface area contributed by atoms with Gasteiger partial charge in [0.25, 0.3) is 0 Å². The number of alkyl halides is 1. The predicted molar refractivity (Wildman–Crippen MR) is 149 cm³/mol. The number of amides is 2. The summed E-state index contributed by atoms with van der Waals surface area (Å²) in [7, 11) is 0. The molecule has 212 valence electrons. The normalized spacial score (nSPS) is 23.6. The average Bonchev–Trinajstić information content (AvgIpc) is 3.62. The molecule has 8 nitrogen and oxygen atoms in total. The quantitative estimate of drug-likeness (QED) is 0.381. The minimum atomic E-state index is -0.670. The molecule has 2 aromatic carbocycles. The summed E-state index contributed by atoms with van der Waals surface area (Å²) in [5, 5.41) is 3.66. The number of hydrogen-bond donors (Lipinski definition) is 2. The van der Waals surface area contributed by atoms with Crippen molar-refractivity contribution in [1.29, 1.82) is 0 Å². The first-order chi connectivity index (χ1) is 19.4. The fourth-order valence-corrected chi connectivity index (χ4v) is 6.21. The average molecular weight is 550 g/mol. The molecule has 3 N–H and O–H groups in total. The number of carbonyl (C=O) groups is 3. The van der Waals surface area contributed by atoms with Crippen LogP contribution in [-0.2, 0) is 14.3 Å². The number of furan rings is 1. The van der Waals surface area contributed by atoms with E-state index in [2.05, 4.69) is 5.32 Å². The largest absolute Gasteiger partial charge is 0.460 e. The second-order valence-corrected chi connectivity index (χ2v) is 10.8. The summed E-state index contributed by atoms with van der Waals surface area (Å²) in [6.07, 6.45) is 3.41. The van der Waals surface area contributed by atoms with Crippen LogP contribution in [0.2, 0.25) is 0 Å². The highest BCUT2D eigenvalue weighted by molar-refractivity contribution is 6.00. The minimum absolute atomic E-state index is 0.0183. The number of nitrogens with zero attached hydrogens (tertiary/aromatic N) is 1. The van der Waals surface area contributed by atoms with Gasteiger partial charge in [0.1, 0.15) is 18.3 Å². The number of benzene rings is 2. The number of carbonyl (C=O) groups excluding carboxylic acids is 3. The molecule has 1 aliphatic heterocycles. The molecule has 3 atom stereocenters. The van der Waals surface area contributed by atoms with Crippen LogP contribution >= 0.6 is 0 Å². The summed E-state index contributed by atoms with van der Waals surface area (Å²) in [5.74, 6) is -0.983. The molecule has 3 aromatic rings. The van der Waals surface area contributed by atoms with Crippen molar-refractivity contribution in [2.45, 2.75) is 57.0 Å². The number of anilines is 1. The zero-order chi connectivity index (χ0) is 28.2. The second kappa shape index (κ2) is 12.2. The van der Waals surface area contributed by atoms with E-state index in [1.54, 1.807) is 36.1 Å². The topological polar surface area (TPSA) is 115 Å². The Balaban J connectivity index is 1.36. The maximum absolute atomic E-state index is 13.9. The number of esters is 1. The van der Waals surface area contributed by atoms with Crippen molar-refractivity contribution < 1.29 is 27.9 Å². The van der Waals surface area contributed by atoms with E-state index in [-0.39, 0.29) is 41.9 Å². The van der Waals surface area contributed by atoms with Crippen LogP contribution in [0, 0.1) is 11.8 Å². The second-order valence-electron chi connectivity index (χ2n) is 10.8. The van der Waals surface area contributed by atoms with Crippen LogP contribution in [0.4, 0.5) is 10.1 Å². The summed E-state index contributed by atoms with van der Waals surface area (Å²) >= 11 is 0. The van der Waals surface area contributed by atoms with Crippen LogP contribution in [0.5, 0.6) is 0 Å². The van der Waals surface area contributed by atoms with E-state index >= 15 is 0 Å². The standard InChI is InChI=1S/C31H36FN3O5/c1-2-39-31(38)27-17-22-16-23(12-13-26(22)40-27)34-29(36)28-24(19-6-4-3-5-7-19)14-15-35(28)30(37)21-10-8-20(9-11-21)25(33)18-32/h3-7,12-13,16-17,20-21,24-25,28H,2,8-11,14-15,18,33H2,1H3,(H,34,36)/t20-,21-,24-,25?,28-/m0/s1. The van der Waals surface area contributed by atoms with Crippen LogP contribution in [0.3, 0.4) is 0 Å². The molecule has 0 radical (unpaired) electrons. The number of rotatable bonds is 8. The predicted octanol–water partition coefficient (Wildman–Crippen LogP) is 5.04. The molecule has 9 heteroatoms. The molecular weight excluding hydrogens is 513 g/mol. The van der Waals surface area contributed by atoms with Crippen molar-refractivity contribution >= 4 is 34.4 Å². The summed E-state index contributed by atoms with van der Waals surface area (Å²) in [6, 6.07) is 15.4. The lowest BCUT2D eigenvalue weighted by Gasteiger charge is -2.35.